The highest BCUT2D eigenvalue weighted by atomic mass is 16.5. The number of aromatic hydroxyl groups is 1. The molecule has 5 nitrogen and oxygen atoms in total. The fraction of sp³-hybridized carbons (Fsp3) is 0.500. The number of likely N-dealkylation sites (tertiary alicyclic amines) is 1. The summed E-state index contributed by atoms with van der Waals surface area (Å²) in [4.78, 5) is 13.1. The van der Waals surface area contributed by atoms with E-state index in [2.05, 4.69) is 4.90 Å². The van der Waals surface area contributed by atoms with Gasteiger partial charge in [0.25, 0.3) is 0 Å². The molecule has 2 heterocycles. The van der Waals surface area contributed by atoms with E-state index in [0.29, 0.717) is 12.4 Å². The second-order valence-corrected chi connectivity index (χ2v) is 5.18. The number of phenolic OH excluding ortho intramolecular Hbond substituents is 1. The summed E-state index contributed by atoms with van der Waals surface area (Å²) in [5.41, 5.74) is 1.05. The molecule has 1 fully saturated rings. The van der Waals surface area contributed by atoms with Gasteiger partial charge in [0.1, 0.15) is 18.1 Å². The first kappa shape index (κ1) is 12.3. The minimum atomic E-state index is -0.748. The van der Waals surface area contributed by atoms with Crippen LogP contribution in [0.3, 0.4) is 0 Å². The Morgan fingerprint density at radius 3 is 3.11 bits per heavy atom. The van der Waals surface area contributed by atoms with Gasteiger partial charge in [0, 0.05) is 17.7 Å². The van der Waals surface area contributed by atoms with Gasteiger partial charge in [-0.2, -0.15) is 0 Å². The largest absolute Gasteiger partial charge is 0.508 e. The molecule has 0 saturated carbocycles. The molecule has 0 aromatic heterocycles. The number of carboxylic acid groups (broad SMARTS) is 1. The Kier molecular flexibility index (Phi) is 3.06. The number of aliphatic carboxylic acids is 1. The summed E-state index contributed by atoms with van der Waals surface area (Å²) < 4.78 is 5.61. The minimum Gasteiger partial charge on any atom is -0.508 e. The maximum atomic E-state index is 10.9. The van der Waals surface area contributed by atoms with E-state index in [1.54, 1.807) is 12.1 Å². The predicted octanol–water partition coefficient (Wildman–Crippen LogP) is 1.76. The van der Waals surface area contributed by atoms with E-state index < -0.39 is 5.97 Å². The highest BCUT2D eigenvalue weighted by Crippen LogP contribution is 2.41. The number of carbonyl (C=O) groups is 1. The average molecular weight is 263 g/mol. The van der Waals surface area contributed by atoms with Crippen molar-refractivity contribution < 1.29 is 19.7 Å². The fourth-order valence-electron chi connectivity index (χ4n) is 3.15. The van der Waals surface area contributed by atoms with Crippen LogP contribution in [0.25, 0.3) is 0 Å². The predicted molar refractivity (Wildman–Crippen MR) is 68.3 cm³/mol. The Bertz CT molecular complexity index is 502. The Hall–Kier alpha value is -1.75. The summed E-state index contributed by atoms with van der Waals surface area (Å²) in [7, 11) is 0. The Morgan fingerprint density at radius 1 is 1.47 bits per heavy atom. The van der Waals surface area contributed by atoms with Crippen molar-refractivity contribution in [2.24, 2.45) is 0 Å². The van der Waals surface area contributed by atoms with E-state index in [0.717, 1.165) is 24.9 Å². The van der Waals surface area contributed by atoms with Crippen molar-refractivity contribution >= 4 is 5.97 Å². The van der Waals surface area contributed by atoms with Gasteiger partial charge in [0.15, 0.2) is 0 Å². The van der Waals surface area contributed by atoms with E-state index in [1.165, 1.54) is 0 Å². The lowest BCUT2D eigenvalue weighted by Crippen LogP contribution is -2.35. The molecule has 1 saturated heterocycles. The van der Waals surface area contributed by atoms with Gasteiger partial charge in [-0.05, 0) is 31.5 Å². The highest BCUT2D eigenvalue weighted by molar-refractivity contribution is 5.67. The lowest BCUT2D eigenvalue weighted by molar-refractivity contribution is -0.138. The molecule has 19 heavy (non-hydrogen) atoms. The molecule has 3 rings (SSSR count). The van der Waals surface area contributed by atoms with Crippen LogP contribution in [-0.2, 0) is 4.79 Å². The average Bonchev–Trinajstić information content (AvgIpc) is 2.93. The van der Waals surface area contributed by atoms with Crippen molar-refractivity contribution in [3.05, 3.63) is 23.8 Å². The number of rotatable bonds is 3. The summed E-state index contributed by atoms with van der Waals surface area (Å²) in [6, 6.07) is 5.35. The van der Waals surface area contributed by atoms with Gasteiger partial charge < -0.3 is 14.9 Å². The van der Waals surface area contributed by atoms with E-state index in [9.17, 15) is 9.90 Å². The number of carboxylic acids is 1. The molecule has 2 aliphatic rings. The first-order chi connectivity index (χ1) is 9.15. The van der Waals surface area contributed by atoms with Crippen LogP contribution >= 0.6 is 0 Å². The smallest absolute Gasteiger partial charge is 0.304 e. The standard InChI is InChI=1S/C14H17NO4/c16-10-3-4-11-12(8-19-13(11)7-10)15-5-1-2-9(15)6-14(17)18/h3-4,7,9,12,16H,1-2,5-6,8H2,(H,17,18). The molecular weight excluding hydrogens is 246 g/mol. The zero-order valence-electron chi connectivity index (χ0n) is 10.6. The Balaban J connectivity index is 1.82. The van der Waals surface area contributed by atoms with E-state index in [4.69, 9.17) is 9.84 Å². The van der Waals surface area contributed by atoms with Gasteiger partial charge in [-0.3, -0.25) is 9.69 Å². The van der Waals surface area contributed by atoms with E-state index in [-0.39, 0.29) is 24.3 Å². The molecule has 5 heteroatoms. The molecule has 2 unspecified atom stereocenters. The van der Waals surface area contributed by atoms with Gasteiger partial charge in [0.2, 0.25) is 0 Å². The zero-order valence-corrected chi connectivity index (χ0v) is 10.6. The van der Waals surface area contributed by atoms with Crippen LogP contribution < -0.4 is 4.74 Å². The topological polar surface area (TPSA) is 70.0 Å². The number of ether oxygens (including phenoxy) is 1. The van der Waals surface area contributed by atoms with Crippen molar-refractivity contribution in [2.45, 2.75) is 31.3 Å². The monoisotopic (exact) mass is 263 g/mol. The first-order valence-electron chi connectivity index (χ1n) is 6.58. The number of fused-ring (bicyclic) bond motifs is 1. The van der Waals surface area contributed by atoms with Crippen LogP contribution in [0, 0.1) is 0 Å². The van der Waals surface area contributed by atoms with Crippen molar-refractivity contribution in [1.82, 2.24) is 4.90 Å². The molecule has 2 aliphatic heterocycles. The van der Waals surface area contributed by atoms with Crippen LogP contribution in [0.5, 0.6) is 11.5 Å². The summed E-state index contributed by atoms with van der Waals surface area (Å²) in [5.74, 6) is 0.163. The normalized spacial score (nSPS) is 26.1. The van der Waals surface area contributed by atoms with Crippen LogP contribution in [0.4, 0.5) is 0 Å². The summed E-state index contributed by atoms with van der Waals surface area (Å²) in [6.45, 7) is 1.45. The molecular formula is C14H17NO4. The van der Waals surface area contributed by atoms with Crippen molar-refractivity contribution in [1.29, 1.82) is 0 Å². The van der Waals surface area contributed by atoms with Gasteiger partial charge >= 0.3 is 5.97 Å². The number of phenols is 1. The number of hydrogen-bond donors (Lipinski definition) is 2. The molecule has 1 aromatic rings. The van der Waals surface area contributed by atoms with Crippen LogP contribution in [0.15, 0.2) is 18.2 Å². The SMILES string of the molecule is O=C(O)CC1CCCN1C1COc2cc(O)ccc21. The van der Waals surface area contributed by atoms with Gasteiger partial charge in [-0.1, -0.05) is 0 Å². The van der Waals surface area contributed by atoms with Gasteiger partial charge in [-0.15, -0.1) is 0 Å². The van der Waals surface area contributed by atoms with Gasteiger partial charge in [0.05, 0.1) is 12.5 Å². The lowest BCUT2D eigenvalue weighted by atomic mass is 10.0. The van der Waals surface area contributed by atoms with Crippen molar-refractivity contribution in [2.75, 3.05) is 13.2 Å². The van der Waals surface area contributed by atoms with Crippen LogP contribution in [0.2, 0.25) is 0 Å². The third-order valence-corrected chi connectivity index (χ3v) is 3.99. The van der Waals surface area contributed by atoms with Crippen molar-refractivity contribution in [3.8, 4) is 11.5 Å². The lowest BCUT2D eigenvalue weighted by Gasteiger charge is -2.28. The number of nitrogens with zero attached hydrogens (tertiary/aromatic N) is 1. The third kappa shape index (κ3) is 2.26. The Morgan fingerprint density at radius 2 is 2.32 bits per heavy atom. The molecule has 0 radical (unpaired) electrons. The Labute approximate surface area is 111 Å². The highest BCUT2D eigenvalue weighted by Gasteiger charge is 2.37. The minimum absolute atomic E-state index is 0.0888. The van der Waals surface area contributed by atoms with Gasteiger partial charge in [-0.25, -0.2) is 0 Å². The maximum absolute atomic E-state index is 10.9. The zero-order chi connectivity index (χ0) is 13.4. The van der Waals surface area contributed by atoms with E-state index in [1.807, 2.05) is 6.07 Å². The molecule has 0 bridgehead atoms. The first-order valence-corrected chi connectivity index (χ1v) is 6.58. The summed E-state index contributed by atoms with van der Waals surface area (Å²) in [5, 5.41) is 18.4. The molecule has 0 amide bonds. The quantitative estimate of drug-likeness (QED) is 0.869. The molecule has 102 valence electrons. The molecule has 0 spiro atoms. The second-order valence-electron chi connectivity index (χ2n) is 5.18. The molecule has 2 atom stereocenters. The third-order valence-electron chi connectivity index (χ3n) is 3.99. The summed E-state index contributed by atoms with van der Waals surface area (Å²) in [6.07, 6.45) is 2.14. The summed E-state index contributed by atoms with van der Waals surface area (Å²) >= 11 is 0. The second kappa shape index (κ2) is 4.74. The van der Waals surface area contributed by atoms with E-state index >= 15 is 0 Å². The number of hydrogen-bond acceptors (Lipinski definition) is 4. The molecule has 2 N–H and O–H groups in total. The maximum Gasteiger partial charge on any atom is 0.304 e. The van der Waals surface area contributed by atoms with Crippen molar-refractivity contribution in [3.63, 3.8) is 0 Å². The van der Waals surface area contributed by atoms with Crippen LogP contribution in [0.1, 0.15) is 30.9 Å². The van der Waals surface area contributed by atoms with Crippen LogP contribution in [-0.4, -0.2) is 40.3 Å². The molecule has 1 aromatic carbocycles. The fourth-order valence-corrected chi connectivity index (χ4v) is 3.15. The molecule has 0 aliphatic carbocycles. The number of benzene rings is 1.